The topological polar surface area (TPSA) is 41.6 Å². The molecule has 0 unspecified atom stereocenters. The van der Waals surface area contributed by atoms with Gasteiger partial charge in [0.25, 0.3) is 0 Å². The van der Waals surface area contributed by atoms with Crippen LogP contribution in [-0.4, -0.2) is 15.0 Å². The van der Waals surface area contributed by atoms with Gasteiger partial charge >= 0.3 is 0 Å². The molecule has 0 spiro atoms. The predicted molar refractivity (Wildman–Crippen MR) is 82.4 cm³/mol. The molecular formula is C12H6Br3N3. The van der Waals surface area contributed by atoms with Crippen LogP contribution in [0, 0.1) is 0 Å². The van der Waals surface area contributed by atoms with Gasteiger partial charge in [0.1, 0.15) is 5.82 Å². The molecule has 3 nitrogen and oxygen atoms in total. The highest BCUT2D eigenvalue weighted by molar-refractivity contribution is 9.11. The molecule has 3 aromatic rings. The molecule has 0 radical (unpaired) electrons. The first kappa shape index (κ1) is 12.3. The maximum absolute atomic E-state index is 4.48. The van der Waals surface area contributed by atoms with Crippen molar-refractivity contribution >= 4 is 59.0 Å². The summed E-state index contributed by atoms with van der Waals surface area (Å²) in [6, 6.07) is 7.97. The van der Waals surface area contributed by atoms with Gasteiger partial charge < -0.3 is 4.98 Å². The van der Waals surface area contributed by atoms with Crippen LogP contribution >= 0.6 is 47.8 Å². The van der Waals surface area contributed by atoms with E-state index in [2.05, 4.69) is 62.7 Å². The second-order valence-electron chi connectivity index (χ2n) is 3.77. The molecule has 18 heavy (non-hydrogen) atoms. The average molecular weight is 432 g/mol. The Kier molecular flexibility index (Phi) is 3.25. The Hall–Kier alpha value is -0.720. The third-order valence-corrected chi connectivity index (χ3v) is 3.79. The Balaban J connectivity index is 2.19. The Morgan fingerprint density at radius 1 is 0.889 bits per heavy atom. The lowest BCUT2D eigenvalue weighted by atomic mass is 10.2. The fourth-order valence-corrected chi connectivity index (χ4v) is 3.33. The number of nitrogens with one attached hydrogen (secondary N) is 1. The molecule has 1 N–H and O–H groups in total. The number of imidazole rings is 1. The first-order valence-corrected chi connectivity index (χ1v) is 7.47. The number of hydrogen-bond acceptors (Lipinski definition) is 2. The highest BCUT2D eigenvalue weighted by atomic mass is 79.9. The smallest absolute Gasteiger partial charge is 0.178 e. The quantitative estimate of drug-likeness (QED) is 0.594. The number of hydrogen-bond donors (Lipinski definition) is 1. The Morgan fingerprint density at radius 3 is 2.33 bits per heavy atom. The van der Waals surface area contributed by atoms with Crippen LogP contribution in [0.5, 0.6) is 0 Å². The minimum Gasteiger partial charge on any atom is -0.337 e. The number of benzene rings is 1. The van der Waals surface area contributed by atoms with Crippen molar-refractivity contribution in [3.05, 3.63) is 43.9 Å². The van der Waals surface area contributed by atoms with Gasteiger partial charge in [0.2, 0.25) is 0 Å². The van der Waals surface area contributed by atoms with Crippen molar-refractivity contribution in [2.24, 2.45) is 0 Å². The minimum atomic E-state index is 0.712. The first-order valence-electron chi connectivity index (χ1n) is 5.09. The van der Waals surface area contributed by atoms with Gasteiger partial charge in [-0.3, -0.25) is 0 Å². The van der Waals surface area contributed by atoms with Crippen LogP contribution in [0.4, 0.5) is 0 Å². The van der Waals surface area contributed by atoms with Crippen molar-refractivity contribution in [1.82, 2.24) is 15.0 Å². The maximum atomic E-state index is 4.48. The Morgan fingerprint density at radius 2 is 1.61 bits per heavy atom. The molecular weight excluding hydrogens is 426 g/mol. The number of halogens is 3. The molecule has 0 aliphatic rings. The van der Waals surface area contributed by atoms with Crippen LogP contribution in [0.25, 0.3) is 22.6 Å². The first-order chi connectivity index (χ1) is 8.61. The standard InChI is InChI=1S/C12H6Br3N3/c13-7-1-6(2-8(14)3-7)11-17-10-4-9(15)5-16-12(10)18-11/h1-5H,(H,16,17,18). The number of nitrogens with zero attached hydrogens (tertiary/aromatic N) is 2. The van der Waals surface area contributed by atoms with Crippen molar-refractivity contribution in [1.29, 1.82) is 0 Å². The van der Waals surface area contributed by atoms with Crippen LogP contribution < -0.4 is 0 Å². The Labute approximate surface area is 128 Å². The zero-order valence-electron chi connectivity index (χ0n) is 8.92. The molecule has 3 rings (SSSR count). The third kappa shape index (κ3) is 2.37. The lowest BCUT2D eigenvalue weighted by Crippen LogP contribution is -1.81. The van der Waals surface area contributed by atoms with E-state index in [0.717, 1.165) is 30.3 Å². The van der Waals surface area contributed by atoms with Gasteiger partial charge in [0, 0.05) is 25.2 Å². The van der Waals surface area contributed by atoms with Crippen molar-refractivity contribution in [2.75, 3.05) is 0 Å². The molecule has 0 amide bonds. The second kappa shape index (κ2) is 4.75. The molecule has 6 heteroatoms. The van der Waals surface area contributed by atoms with E-state index in [1.807, 2.05) is 24.3 Å². The van der Waals surface area contributed by atoms with Crippen molar-refractivity contribution in [3.63, 3.8) is 0 Å². The minimum absolute atomic E-state index is 0.712. The number of H-pyrrole nitrogens is 1. The summed E-state index contributed by atoms with van der Waals surface area (Å²) in [5.74, 6) is 0.803. The molecule has 2 aromatic heterocycles. The molecule has 0 bridgehead atoms. The fraction of sp³-hybridized carbons (Fsp3) is 0. The molecule has 0 atom stereocenters. The molecule has 0 saturated heterocycles. The summed E-state index contributed by atoms with van der Waals surface area (Å²) in [6.07, 6.45) is 1.74. The van der Waals surface area contributed by atoms with Gasteiger partial charge in [-0.2, -0.15) is 0 Å². The van der Waals surface area contributed by atoms with Crippen LogP contribution in [0.3, 0.4) is 0 Å². The summed E-state index contributed by atoms with van der Waals surface area (Å²) in [6.45, 7) is 0. The van der Waals surface area contributed by atoms with E-state index < -0.39 is 0 Å². The lowest BCUT2D eigenvalue weighted by molar-refractivity contribution is 1.29. The summed E-state index contributed by atoms with van der Waals surface area (Å²) in [7, 11) is 0. The van der Waals surface area contributed by atoms with Crippen molar-refractivity contribution in [3.8, 4) is 11.4 Å². The summed E-state index contributed by atoms with van der Waals surface area (Å²) in [5.41, 5.74) is 2.63. The van der Waals surface area contributed by atoms with Gasteiger partial charge in [-0.1, -0.05) is 31.9 Å². The van der Waals surface area contributed by atoms with E-state index >= 15 is 0 Å². The summed E-state index contributed by atoms with van der Waals surface area (Å²) in [5, 5.41) is 0. The van der Waals surface area contributed by atoms with Gasteiger partial charge in [0.15, 0.2) is 5.65 Å². The van der Waals surface area contributed by atoms with Crippen LogP contribution in [0.1, 0.15) is 0 Å². The molecule has 0 saturated carbocycles. The largest absolute Gasteiger partial charge is 0.337 e. The zero-order valence-corrected chi connectivity index (χ0v) is 13.7. The van der Waals surface area contributed by atoms with E-state index in [1.165, 1.54) is 0 Å². The number of pyridine rings is 1. The number of aromatic amines is 1. The predicted octanol–water partition coefficient (Wildman–Crippen LogP) is 4.91. The molecule has 1 aromatic carbocycles. The van der Waals surface area contributed by atoms with Crippen LogP contribution in [-0.2, 0) is 0 Å². The van der Waals surface area contributed by atoms with E-state index in [9.17, 15) is 0 Å². The van der Waals surface area contributed by atoms with Crippen molar-refractivity contribution < 1.29 is 0 Å². The Bertz CT molecular complexity index is 716. The number of aromatic nitrogens is 3. The SMILES string of the molecule is Brc1cc(Br)cc(-c2nc3ncc(Br)cc3[nH]2)c1. The molecule has 90 valence electrons. The summed E-state index contributed by atoms with van der Waals surface area (Å²) in [4.78, 5) is 12.0. The van der Waals surface area contributed by atoms with Gasteiger partial charge in [-0.05, 0) is 40.2 Å². The monoisotopic (exact) mass is 429 g/mol. The van der Waals surface area contributed by atoms with E-state index in [1.54, 1.807) is 6.20 Å². The molecule has 0 aliphatic carbocycles. The second-order valence-corrected chi connectivity index (χ2v) is 6.52. The van der Waals surface area contributed by atoms with Crippen molar-refractivity contribution in [2.45, 2.75) is 0 Å². The maximum Gasteiger partial charge on any atom is 0.178 e. The highest BCUT2D eigenvalue weighted by Crippen LogP contribution is 2.27. The van der Waals surface area contributed by atoms with E-state index in [0.29, 0.717) is 5.65 Å². The number of fused-ring (bicyclic) bond motifs is 1. The average Bonchev–Trinajstić information content (AvgIpc) is 2.70. The normalized spacial score (nSPS) is 11.1. The zero-order chi connectivity index (χ0) is 12.7. The third-order valence-electron chi connectivity index (χ3n) is 2.44. The number of rotatable bonds is 1. The molecule has 0 fully saturated rings. The van der Waals surface area contributed by atoms with Crippen LogP contribution in [0.2, 0.25) is 0 Å². The lowest BCUT2D eigenvalue weighted by Gasteiger charge is -1.99. The van der Waals surface area contributed by atoms with Gasteiger partial charge in [-0.15, -0.1) is 0 Å². The summed E-state index contributed by atoms with van der Waals surface area (Å²) >= 11 is 10.3. The van der Waals surface area contributed by atoms with Gasteiger partial charge in [0.05, 0.1) is 5.52 Å². The van der Waals surface area contributed by atoms with Gasteiger partial charge in [-0.25, -0.2) is 9.97 Å². The van der Waals surface area contributed by atoms with Crippen LogP contribution in [0.15, 0.2) is 43.9 Å². The van der Waals surface area contributed by atoms with E-state index in [-0.39, 0.29) is 0 Å². The van der Waals surface area contributed by atoms with E-state index in [4.69, 9.17) is 0 Å². The highest BCUT2D eigenvalue weighted by Gasteiger charge is 2.08. The molecule has 2 heterocycles. The fourth-order valence-electron chi connectivity index (χ4n) is 1.70. The molecule has 0 aliphatic heterocycles. The summed E-state index contributed by atoms with van der Waals surface area (Å²) < 4.78 is 2.93.